The molecule has 5 heteroatoms. The maximum atomic E-state index is 12.3. The Labute approximate surface area is 137 Å². The summed E-state index contributed by atoms with van der Waals surface area (Å²) in [7, 11) is 0. The Morgan fingerprint density at radius 2 is 1.96 bits per heavy atom. The molecular formula is C18H26N2O3. The zero-order valence-corrected chi connectivity index (χ0v) is 13.7. The van der Waals surface area contributed by atoms with Gasteiger partial charge in [0, 0.05) is 6.54 Å². The van der Waals surface area contributed by atoms with Crippen LogP contribution in [0.15, 0.2) is 30.3 Å². The molecule has 2 amide bonds. The summed E-state index contributed by atoms with van der Waals surface area (Å²) in [4.78, 5) is 24.4. The first-order chi connectivity index (χ1) is 11.0. The molecule has 1 fully saturated rings. The first-order valence-corrected chi connectivity index (χ1v) is 8.36. The van der Waals surface area contributed by atoms with Crippen molar-refractivity contribution in [3.8, 4) is 0 Å². The number of amides is 2. The highest BCUT2D eigenvalue weighted by Gasteiger charge is 2.35. The van der Waals surface area contributed by atoms with E-state index in [1.54, 1.807) is 0 Å². The molecular weight excluding hydrogens is 292 g/mol. The summed E-state index contributed by atoms with van der Waals surface area (Å²) < 4.78 is 0. The first kappa shape index (κ1) is 17.5. The molecule has 126 valence electrons. The number of hydrogen-bond acceptors (Lipinski definition) is 3. The van der Waals surface area contributed by atoms with Gasteiger partial charge in [-0.1, -0.05) is 43.7 Å². The molecule has 1 aromatic rings. The molecule has 5 nitrogen and oxygen atoms in total. The fourth-order valence-electron chi connectivity index (χ4n) is 2.72. The van der Waals surface area contributed by atoms with Gasteiger partial charge in [0.15, 0.2) is 0 Å². The monoisotopic (exact) mass is 318 g/mol. The smallest absolute Gasteiger partial charge is 0.242 e. The minimum Gasteiger partial charge on any atom is -0.388 e. The Morgan fingerprint density at radius 1 is 1.26 bits per heavy atom. The Morgan fingerprint density at radius 3 is 2.52 bits per heavy atom. The van der Waals surface area contributed by atoms with E-state index in [4.69, 9.17) is 0 Å². The maximum absolute atomic E-state index is 12.3. The second-order valence-corrected chi connectivity index (χ2v) is 6.37. The van der Waals surface area contributed by atoms with Gasteiger partial charge in [-0.3, -0.25) is 9.59 Å². The van der Waals surface area contributed by atoms with Crippen molar-refractivity contribution >= 4 is 11.8 Å². The van der Waals surface area contributed by atoms with E-state index in [1.807, 2.05) is 37.3 Å². The van der Waals surface area contributed by atoms with Crippen LogP contribution >= 0.6 is 0 Å². The SMILES string of the molecule is CCCC(NC(=O)Cc1ccccc1)C(=O)NCC1(O)CCC1. The average molecular weight is 318 g/mol. The van der Waals surface area contributed by atoms with Gasteiger partial charge in [0.05, 0.1) is 12.0 Å². The molecule has 1 atom stereocenters. The Balaban J connectivity index is 1.84. The molecule has 2 rings (SSSR count). The van der Waals surface area contributed by atoms with Gasteiger partial charge in [-0.15, -0.1) is 0 Å². The van der Waals surface area contributed by atoms with Gasteiger partial charge in [0.25, 0.3) is 0 Å². The lowest BCUT2D eigenvalue weighted by Gasteiger charge is -2.37. The third kappa shape index (κ3) is 5.36. The molecule has 0 bridgehead atoms. The summed E-state index contributed by atoms with van der Waals surface area (Å²) in [5.74, 6) is -0.374. The molecule has 23 heavy (non-hydrogen) atoms. The van der Waals surface area contributed by atoms with Crippen molar-refractivity contribution in [2.45, 2.75) is 57.1 Å². The summed E-state index contributed by atoms with van der Waals surface area (Å²) in [5.41, 5.74) is 0.171. The topological polar surface area (TPSA) is 78.4 Å². The van der Waals surface area contributed by atoms with Gasteiger partial charge in [-0.05, 0) is 31.2 Å². The number of rotatable bonds is 8. The number of carbonyl (C=O) groups excluding carboxylic acids is 2. The van der Waals surface area contributed by atoms with Crippen LogP contribution in [0.3, 0.4) is 0 Å². The number of benzene rings is 1. The standard InChI is InChI=1S/C18H26N2O3/c1-2-7-15(17(22)19-13-18(23)10-6-11-18)20-16(21)12-14-8-4-3-5-9-14/h3-5,8-9,15,23H,2,6-7,10-13H2,1H3,(H,19,22)(H,20,21). The van der Waals surface area contributed by atoms with Crippen molar-refractivity contribution in [3.63, 3.8) is 0 Å². The Bertz CT molecular complexity index is 526. The lowest BCUT2D eigenvalue weighted by Crippen LogP contribution is -2.53. The normalized spacial score (nSPS) is 17.0. The largest absolute Gasteiger partial charge is 0.388 e. The van der Waals surface area contributed by atoms with Crippen molar-refractivity contribution in [2.75, 3.05) is 6.54 Å². The molecule has 0 spiro atoms. The van der Waals surface area contributed by atoms with E-state index in [9.17, 15) is 14.7 Å². The molecule has 0 saturated heterocycles. The van der Waals surface area contributed by atoms with E-state index >= 15 is 0 Å². The minimum absolute atomic E-state index is 0.160. The number of hydrogen-bond donors (Lipinski definition) is 3. The van der Waals surface area contributed by atoms with Crippen LogP contribution < -0.4 is 10.6 Å². The predicted octanol–water partition coefficient (Wildman–Crippen LogP) is 1.55. The molecule has 1 unspecified atom stereocenters. The summed E-state index contributed by atoms with van der Waals surface area (Å²) in [6.45, 7) is 2.24. The Hall–Kier alpha value is -1.88. The molecule has 0 aliphatic heterocycles. The molecule has 1 aliphatic carbocycles. The van der Waals surface area contributed by atoms with Crippen LogP contribution in [0.2, 0.25) is 0 Å². The summed E-state index contributed by atoms with van der Waals surface area (Å²) in [5, 5.41) is 15.6. The van der Waals surface area contributed by atoms with E-state index in [0.717, 1.165) is 31.2 Å². The minimum atomic E-state index is -0.750. The van der Waals surface area contributed by atoms with Crippen LogP contribution in [0.5, 0.6) is 0 Å². The first-order valence-electron chi connectivity index (χ1n) is 8.36. The summed E-state index contributed by atoms with van der Waals surface area (Å²) in [6, 6.07) is 8.91. The van der Waals surface area contributed by atoms with Crippen molar-refractivity contribution in [3.05, 3.63) is 35.9 Å². The van der Waals surface area contributed by atoms with E-state index in [1.165, 1.54) is 0 Å². The highest BCUT2D eigenvalue weighted by Crippen LogP contribution is 2.30. The van der Waals surface area contributed by atoms with Gasteiger partial charge >= 0.3 is 0 Å². The van der Waals surface area contributed by atoms with Crippen molar-refractivity contribution in [2.24, 2.45) is 0 Å². The van der Waals surface area contributed by atoms with Crippen LogP contribution in [0.4, 0.5) is 0 Å². The maximum Gasteiger partial charge on any atom is 0.242 e. The highest BCUT2D eigenvalue weighted by molar-refractivity contribution is 5.88. The van der Waals surface area contributed by atoms with E-state index in [2.05, 4.69) is 10.6 Å². The van der Waals surface area contributed by atoms with Crippen LogP contribution in [-0.4, -0.2) is 35.1 Å². The zero-order chi connectivity index (χ0) is 16.7. The second-order valence-electron chi connectivity index (χ2n) is 6.37. The van der Waals surface area contributed by atoms with Crippen LogP contribution in [0.1, 0.15) is 44.6 Å². The third-order valence-electron chi connectivity index (χ3n) is 4.31. The van der Waals surface area contributed by atoms with E-state index in [-0.39, 0.29) is 24.8 Å². The van der Waals surface area contributed by atoms with Crippen molar-refractivity contribution < 1.29 is 14.7 Å². The van der Waals surface area contributed by atoms with E-state index < -0.39 is 11.6 Å². The summed E-state index contributed by atoms with van der Waals surface area (Å²) >= 11 is 0. The molecule has 0 radical (unpaired) electrons. The molecule has 3 N–H and O–H groups in total. The van der Waals surface area contributed by atoms with Gasteiger partial charge in [-0.2, -0.15) is 0 Å². The molecule has 0 aromatic heterocycles. The fourth-order valence-corrected chi connectivity index (χ4v) is 2.72. The third-order valence-corrected chi connectivity index (χ3v) is 4.31. The van der Waals surface area contributed by atoms with Gasteiger partial charge < -0.3 is 15.7 Å². The zero-order valence-electron chi connectivity index (χ0n) is 13.7. The lowest BCUT2D eigenvalue weighted by molar-refractivity contribution is -0.130. The fraction of sp³-hybridized carbons (Fsp3) is 0.556. The molecule has 1 saturated carbocycles. The van der Waals surface area contributed by atoms with Gasteiger partial charge in [-0.25, -0.2) is 0 Å². The lowest BCUT2D eigenvalue weighted by atomic mass is 9.80. The number of nitrogens with one attached hydrogen (secondary N) is 2. The summed E-state index contributed by atoms with van der Waals surface area (Å²) in [6.07, 6.45) is 4.10. The van der Waals surface area contributed by atoms with Crippen molar-refractivity contribution in [1.82, 2.24) is 10.6 Å². The molecule has 0 heterocycles. The highest BCUT2D eigenvalue weighted by atomic mass is 16.3. The van der Waals surface area contributed by atoms with Crippen LogP contribution in [-0.2, 0) is 16.0 Å². The quantitative estimate of drug-likeness (QED) is 0.680. The average Bonchev–Trinajstić information content (AvgIpc) is 2.51. The van der Waals surface area contributed by atoms with E-state index in [0.29, 0.717) is 6.42 Å². The van der Waals surface area contributed by atoms with Crippen molar-refractivity contribution in [1.29, 1.82) is 0 Å². The molecule has 1 aliphatic rings. The number of aliphatic hydroxyl groups is 1. The second kappa shape index (κ2) is 8.11. The Kier molecular flexibility index (Phi) is 6.16. The van der Waals surface area contributed by atoms with Crippen LogP contribution in [0, 0.1) is 0 Å². The van der Waals surface area contributed by atoms with Gasteiger partial charge in [0.1, 0.15) is 6.04 Å². The molecule has 1 aromatic carbocycles. The number of carbonyl (C=O) groups is 2. The van der Waals surface area contributed by atoms with Gasteiger partial charge in [0.2, 0.25) is 11.8 Å². The van der Waals surface area contributed by atoms with Crippen LogP contribution in [0.25, 0.3) is 0 Å². The predicted molar refractivity (Wildman–Crippen MR) is 88.8 cm³/mol.